The Morgan fingerprint density at radius 1 is 1.04 bits per heavy atom. The van der Waals surface area contributed by atoms with Gasteiger partial charge < -0.3 is 5.32 Å². The molecule has 0 aliphatic carbocycles. The van der Waals surface area contributed by atoms with Gasteiger partial charge in [0.2, 0.25) is 0 Å². The molecule has 0 unspecified atom stereocenters. The first-order valence-electron chi connectivity index (χ1n) is 8.44. The minimum Gasteiger partial charge on any atom is -0.305 e. The lowest BCUT2D eigenvalue weighted by Crippen LogP contribution is -2.15. The summed E-state index contributed by atoms with van der Waals surface area (Å²) < 4.78 is 1.80. The number of carbonyl (C=O) groups excluding carboxylic acids is 1. The standard InChI is InChI=1S/C21H18N4O/c1-15-18(13-17-9-5-6-10-19(17)22-15)21(26)23-20-11-12-25(24-20)14-16-7-3-2-4-8-16/h2-13H,14H2,1H3,(H,23,24,26). The number of carbonyl (C=O) groups is 1. The van der Waals surface area contributed by atoms with Gasteiger partial charge in [-0.15, -0.1) is 0 Å². The van der Waals surface area contributed by atoms with Gasteiger partial charge in [-0.05, 0) is 24.6 Å². The third-order valence-corrected chi connectivity index (χ3v) is 4.23. The van der Waals surface area contributed by atoms with Gasteiger partial charge in [-0.3, -0.25) is 14.5 Å². The molecule has 0 radical (unpaired) electrons. The number of nitrogens with zero attached hydrogens (tertiary/aromatic N) is 3. The molecule has 0 saturated heterocycles. The van der Waals surface area contributed by atoms with Crippen molar-refractivity contribution in [2.75, 3.05) is 5.32 Å². The number of amides is 1. The molecule has 0 atom stereocenters. The summed E-state index contributed by atoms with van der Waals surface area (Å²) in [6.07, 6.45) is 1.86. The van der Waals surface area contributed by atoms with Gasteiger partial charge in [-0.25, -0.2) is 0 Å². The van der Waals surface area contributed by atoms with E-state index >= 15 is 0 Å². The van der Waals surface area contributed by atoms with Gasteiger partial charge in [0.25, 0.3) is 5.91 Å². The van der Waals surface area contributed by atoms with Crippen LogP contribution in [0.15, 0.2) is 72.9 Å². The van der Waals surface area contributed by atoms with Crippen molar-refractivity contribution in [3.63, 3.8) is 0 Å². The largest absolute Gasteiger partial charge is 0.305 e. The van der Waals surface area contributed by atoms with Gasteiger partial charge >= 0.3 is 0 Å². The van der Waals surface area contributed by atoms with E-state index in [2.05, 4.69) is 15.4 Å². The van der Waals surface area contributed by atoms with Crippen molar-refractivity contribution < 1.29 is 4.79 Å². The lowest BCUT2D eigenvalue weighted by atomic mass is 10.1. The fourth-order valence-corrected chi connectivity index (χ4v) is 2.91. The Morgan fingerprint density at radius 3 is 2.65 bits per heavy atom. The van der Waals surface area contributed by atoms with E-state index in [1.807, 2.05) is 73.8 Å². The quantitative estimate of drug-likeness (QED) is 0.609. The first-order chi connectivity index (χ1) is 12.7. The molecule has 26 heavy (non-hydrogen) atoms. The third-order valence-electron chi connectivity index (χ3n) is 4.23. The number of nitrogens with one attached hydrogen (secondary N) is 1. The van der Waals surface area contributed by atoms with Crippen LogP contribution < -0.4 is 5.32 Å². The highest BCUT2D eigenvalue weighted by atomic mass is 16.1. The summed E-state index contributed by atoms with van der Waals surface area (Å²) in [4.78, 5) is 17.2. The number of anilines is 1. The molecule has 5 heteroatoms. The average molecular weight is 342 g/mol. The second kappa shape index (κ2) is 6.80. The summed E-state index contributed by atoms with van der Waals surface area (Å²) in [7, 11) is 0. The summed E-state index contributed by atoms with van der Waals surface area (Å²) in [6.45, 7) is 2.50. The molecule has 1 N–H and O–H groups in total. The van der Waals surface area contributed by atoms with E-state index in [9.17, 15) is 4.79 Å². The van der Waals surface area contributed by atoms with E-state index in [1.54, 1.807) is 10.7 Å². The van der Waals surface area contributed by atoms with Crippen LogP contribution in [0.5, 0.6) is 0 Å². The molecule has 1 amide bonds. The number of aryl methyl sites for hydroxylation is 1. The maximum absolute atomic E-state index is 12.6. The van der Waals surface area contributed by atoms with Crippen LogP contribution in [-0.4, -0.2) is 20.7 Å². The third kappa shape index (κ3) is 3.32. The van der Waals surface area contributed by atoms with Crippen LogP contribution in [0.1, 0.15) is 21.6 Å². The molecule has 0 spiro atoms. The number of aromatic nitrogens is 3. The highest BCUT2D eigenvalue weighted by Gasteiger charge is 2.13. The Balaban J connectivity index is 1.53. The zero-order valence-corrected chi connectivity index (χ0v) is 14.4. The van der Waals surface area contributed by atoms with E-state index in [0.29, 0.717) is 23.6 Å². The first kappa shape index (κ1) is 16.0. The van der Waals surface area contributed by atoms with Crippen molar-refractivity contribution in [2.24, 2.45) is 0 Å². The molecule has 5 nitrogen and oxygen atoms in total. The SMILES string of the molecule is Cc1nc2ccccc2cc1C(=O)Nc1ccn(Cc2ccccc2)n1. The molecule has 0 aliphatic heterocycles. The van der Waals surface area contributed by atoms with Crippen LogP contribution in [0.25, 0.3) is 10.9 Å². The fourth-order valence-electron chi connectivity index (χ4n) is 2.91. The lowest BCUT2D eigenvalue weighted by molar-refractivity contribution is 0.102. The van der Waals surface area contributed by atoms with E-state index in [1.165, 1.54) is 0 Å². The molecule has 2 aromatic heterocycles. The Hall–Kier alpha value is -3.47. The molecule has 4 rings (SSSR count). The fraction of sp³-hybridized carbons (Fsp3) is 0.0952. The van der Waals surface area contributed by atoms with Crippen molar-refractivity contribution in [1.29, 1.82) is 0 Å². The van der Waals surface area contributed by atoms with Crippen molar-refractivity contribution in [1.82, 2.24) is 14.8 Å². The van der Waals surface area contributed by atoms with Gasteiger partial charge in [-0.2, -0.15) is 5.10 Å². The summed E-state index contributed by atoms with van der Waals surface area (Å²) in [6, 6.07) is 21.5. The monoisotopic (exact) mass is 342 g/mol. The molecule has 0 fully saturated rings. The second-order valence-electron chi connectivity index (χ2n) is 6.15. The second-order valence-corrected chi connectivity index (χ2v) is 6.15. The van der Waals surface area contributed by atoms with E-state index in [0.717, 1.165) is 16.5 Å². The molecular formula is C21H18N4O. The van der Waals surface area contributed by atoms with Crippen LogP contribution in [0.3, 0.4) is 0 Å². The topological polar surface area (TPSA) is 59.8 Å². The molecule has 128 valence electrons. The maximum Gasteiger partial charge on any atom is 0.258 e. The Morgan fingerprint density at radius 2 is 1.81 bits per heavy atom. The average Bonchev–Trinajstić information content (AvgIpc) is 3.08. The van der Waals surface area contributed by atoms with Crippen molar-refractivity contribution in [3.8, 4) is 0 Å². The van der Waals surface area contributed by atoms with Crippen LogP contribution in [-0.2, 0) is 6.54 Å². The molecule has 4 aromatic rings. The van der Waals surface area contributed by atoms with Crippen LogP contribution in [0, 0.1) is 6.92 Å². The number of rotatable bonds is 4. The molecule has 0 aliphatic rings. The smallest absolute Gasteiger partial charge is 0.258 e. The normalized spacial score (nSPS) is 10.8. The highest BCUT2D eigenvalue weighted by molar-refractivity contribution is 6.06. The van der Waals surface area contributed by atoms with E-state index in [-0.39, 0.29) is 5.91 Å². The van der Waals surface area contributed by atoms with Crippen molar-refractivity contribution in [3.05, 3.63) is 89.7 Å². The number of fused-ring (bicyclic) bond motifs is 1. The molecule has 0 saturated carbocycles. The summed E-state index contributed by atoms with van der Waals surface area (Å²) in [5.74, 6) is 0.323. The van der Waals surface area contributed by atoms with Gasteiger partial charge in [0.15, 0.2) is 5.82 Å². The molecule has 0 bridgehead atoms. The Bertz CT molecular complexity index is 1070. The van der Waals surface area contributed by atoms with E-state index < -0.39 is 0 Å². The van der Waals surface area contributed by atoms with Crippen LogP contribution >= 0.6 is 0 Å². The molecule has 2 aromatic carbocycles. The van der Waals surface area contributed by atoms with Crippen LogP contribution in [0.4, 0.5) is 5.82 Å². The van der Waals surface area contributed by atoms with Gasteiger partial charge in [0, 0.05) is 17.6 Å². The Labute approximate surface area is 151 Å². The summed E-state index contributed by atoms with van der Waals surface area (Å²) >= 11 is 0. The predicted molar refractivity (Wildman–Crippen MR) is 102 cm³/mol. The lowest BCUT2D eigenvalue weighted by Gasteiger charge is -2.07. The minimum atomic E-state index is -0.203. The summed E-state index contributed by atoms with van der Waals surface area (Å²) in [5, 5.41) is 8.23. The van der Waals surface area contributed by atoms with Crippen LogP contribution in [0.2, 0.25) is 0 Å². The number of para-hydroxylation sites is 1. The number of hydrogen-bond donors (Lipinski definition) is 1. The minimum absolute atomic E-state index is 0.203. The van der Waals surface area contributed by atoms with Gasteiger partial charge in [0.1, 0.15) is 0 Å². The van der Waals surface area contributed by atoms with Crippen molar-refractivity contribution in [2.45, 2.75) is 13.5 Å². The van der Waals surface area contributed by atoms with E-state index in [4.69, 9.17) is 0 Å². The molecule has 2 heterocycles. The van der Waals surface area contributed by atoms with Gasteiger partial charge in [0.05, 0.1) is 23.3 Å². The number of benzene rings is 2. The number of pyridine rings is 1. The first-order valence-corrected chi connectivity index (χ1v) is 8.44. The maximum atomic E-state index is 12.6. The van der Waals surface area contributed by atoms with Gasteiger partial charge in [-0.1, -0.05) is 48.5 Å². The zero-order chi connectivity index (χ0) is 17.9. The van der Waals surface area contributed by atoms with Crippen molar-refractivity contribution >= 4 is 22.6 Å². The Kier molecular flexibility index (Phi) is 4.19. The highest BCUT2D eigenvalue weighted by Crippen LogP contribution is 2.17. The number of hydrogen-bond acceptors (Lipinski definition) is 3. The zero-order valence-electron chi connectivity index (χ0n) is 14.4. The molecular weight excluding hydrogens is 324 g/mol. The predicted octanol–water partition coefficient (Wildman–Crippen LogP) is 4.04. The summed E-state index contributed by atoms with van der Waals surface area (Å²) in [5.41, 5.74) is 3.29.